The zero-order chi connectivity index (χ0) is 10.6. The van der Waals surface area contributed by atoms with Crippen molar-refractivity contribution in [1.82, 2.24) is 4.72 Å². The van der Waals surface area contributed by atoms with Crippen LogP contribution in [0.5, 0.6) is 0 Å². The third-order valence-corrected chi connectivity index (χ3v) is 4.53. The Balaban J connectivity index is 2.53. The summed E-state index contributed by atoms with van der Waals surface area (Å²) >= 11 is 6.91. The Bertz CT molecular complexity index is 386. The summed E-state index contributed by atoms with van der Waals surface area (Å²) in [6.07, 6.45) is 0. The molecule has 0 atom stereocenters. The zero-order valence-corrected chi connectivity index (χ0v) is 10.2. The Morgan fingerprint density at radius 2 is 2.29 bits per heavy atom. The molecule has 1 aromatic rings. The van der Waals surface area contributed by atoms with Crippen molar-refractivity contribution in [3.63, 3.8) is 0 Å². The molecule has 1 N–H and O–H groups in total. The summed E-state index contributed by atoms with van der Waals surface area (Å²) in [5.41, 5.74) is 1.11. The molecule has 0 aliphatic heterocycles. The molecule has 0 radical (unpaired) electrons. The van der Waals surface area contributed by atoms with Gasteiger partial charge in [0.2, 0.25) is 10.0 Å². The molecule has 1 heterocycles. The van der Waals surface area contributed by atoms with Gasteiger partial charge in [-0.05, 0) is 23.9 Å². The fourth-order valence-corrected chi connectivity index (χ4v) is 3.19. The first-order chi connectivity index (χ1) is 6.55. The lowest BCUT2D eigenvalue weighted by Crippen LogP contribution is -2.26. The smallest absolute Gasteiger partial charge is 0.212 e. The molecule has 0 fully saturated rings. The van der Waals surface area contributed by atoms with Gasteiger partial charge in [-0.3, -0.25) is 0 Å². The maximum Gasteiger partial charge on any atom is 0.213 e. The third-order valence-electron chi connectivity index (χ3n) is 1.77. The normalized spacial score (nSPS) is 11.9. The number of rotatable bonds is 5. The molecular formula is C8H12ClNO2S2. The highest BCUT2D eigenvalue weighted by atomic mass is 35.5. The molecule has 80 valence electrons. The van der Waals surface area contributed by atoms with E-state index < -0.39 is 10.0 Å². The van der Waals surface area contributed by atoms with Gasteiger partial charge >= 0.3 is 0 Å². The maximum atomic E-state index is 11.2. The fraction of sp³-hybridized carbons (Fsp3) is 0.500. The summed E-state index contributed by atoms with van der Waals surface area (Å²) in [6.45, 7) is 2.32. The van der Waals surface area contributed by atoms with E-state index >= 15 is 0 Å². The number of nitrogens with one attached hydrogen (secondary N) is 1. The molecule has 1 rings (SSSR count). The Morgan fingerprint density at radius 1 is 1.57 bits per heavy atom. The van der Waals surface area contributed by atoms with Crippen LogP contribution in [0.3, 0.4) is 0 Å². The minimum atomic E-state index is -3.20. The van der Waals surface area contributed by atoms with Crippen LogP contribution in [-0.4, -0.2) is 20.1 Å². The number of halogens is 1. The molecule has 3 nitrogen and oxygen atoms in total. The quantitative estimate of drug-likeness (QED) is 0.813. The van der Waals surface area contributed by atoms with Crippen molar-refractivity contribution in [2.75, 3.05) is 11.6 Å². The predicted molar refractivity (Wildman–Crippen MR) is 60.4 cm³/mol. The monoisotopic (exact) mass is 253 g/mol. The zero-order valence-electron chi connectivity index (χ0n) is 7.79. The number of thiophene rings is 1. The van der Waals surface area contributed by atoms with Crippen molar-refractivity contribution in [1.29, 1.82) is 0 Å². The second-order valence-corrected chi connectivity index (χ2v) is 6.16. The summed E-state index contributed by atoms with van der Waals surface area (Å²) in [7, 11) is -3.20. The summed E-state index contributed by atoms with van der Waals surface area (Å²) in [5.74, 6) is 0.0950. The van der Waals surface area contributed by atoms with Gasteiger partial charge in [0.15, 0.2) is 0 Å². The number of hydrogen-bond acceptors (Lipinski definition) is 3. The van der Waals surface area contributed by atoms with E-state index in [0.29, 0.717) is 6.54 Å². The highest BCUT2D eigenvalue weighted by Crippen LogP contribution is 2.15. The Hall–Kier alpha value is -0.100. The molecule has 0 saturated heterocycles. The highest BCUT2D eigenvalue weighted by Gasteiger charge is 2.09. The number of sulfonamides is 1. The summed E-state index contributed by atoms with van der Waals surface area (Å²) in [4.78, 5) is 1.04. The number of hydrogen-bond donors (Lipinski definition) is 1. The van der Waals surface area contributed by atoms with Gasteiger partial charge < -0.3 is 0 Å². The van der Waals surface area contributed by atoms with E-state index in [0.717, 1.165) is 10.4 Å². The predicted octanol–water partition coefficient (Wildman–Crippen LogP) is 1.71. The van der Waals surface area contributed by atoms with E-state index in [9.17, 15) is 8.42 Å². The minimum Gasteiger partial charge on any atom is -0.212 e. The first kappa shape index (κ1) is 12.0. The van der Waals surface area contributed by atoms with Crippen LogP contribution in [-0.2, 0) is 16.6 Å². The molecule has 0 bridgehead atoms. The lowest BCUT2D eigenvalue weighted by atomic mass is 10.3. The van der Waals surface area contributed by atoms with Gasteiger partial charge in [-0.1, -0.05) is 0 Å². The second kappa shape index (κ2) is 5.11. The van der Waals surface area contributed by atoms with Crippen molar-refractivity contribution >= 4 is 33.0 Å². The number of alkyl halides is 1. The summed E-state index contributed by atoms with van der Waals surface area (Å²) < 4.78 is 25.0. The third kappa shape index (κ3) is 3.57. The largest absolute Gasteiger partial charge is 0.213 e. The van der Waals surface area contributed by atoms with E-state index in [1.54, 1.807) is 11.3 Å². The number of aryl methyl sites for hydroxylation is 1. The van der Waals surface area contributed by atoms with E-state index in [1.807, 2.05) is 18.4 Å². The SMILES string of the molecule is Cc1ccsc1CNS(=O)(=O)CCCl. The van der Waals surface area contributed by atoms with Gasteiger partial charge in [-0.15, -0.1) is 22.9 Å². The Kier molecular flexibility index (Phi) is 4.37. The molecule has 0 saturated carbocycles. The van der Waals surface area contributed by atoms with E-state index in [-0.39, 0.29) is 11.6 Å². The summed E-state index contributed by atoms with van der Waals surface area (Å²) in [6, 6.07) is 1.97. The standard InChI is InChI=1S/C8H12ClNO2S2/c1-7-2-4-13-8(7)6-10-14(11,12)5-3-9/h2,4,10H,3,5-6H2,1H3. The lowest BCUT2D eigenvalue weighted by molar-refractivity contribution is 0.583. The van der Waals surface area contributed by atoms with Crippen molar-refractivity contribution < 1.29 is 8.42 Å². The Labute approximate surface area is 93.1 Å². The average molecular weight is 254 g/mol. The lowest BCUT2D eigenvalue weighted by Gasteiger charge is -2.03. The van der Waals surface area contributed by atoms with Crippen LogP contribution in [0.25, 0.3) is 0 Å². The second-order valence-electron chi connectivity index (χ2n) is 2.86. The van der Waals surface area contributed by atoms with E-state index in [1.165, 1.54) is 0 Å². The highest BCUT2D eigenvalue weighted by molar-refractivity contribution is 7.89. The van der Waals surface area contributed by atoms with E-state index in [2.05, 4.69) is 4.72 Å². The molecule has 1 aromatic heterocycles. The molecule has 0 amide bonds. The van der Waals surface area contributed by atoms with Gasteiger partial charge in [0.1, 0.15) is 0 Å². The van der Waals surface area contributed by atoms with Crippen LogP contribution < -0.4 is 4.72 Å². The van der Waals surface area contributed by atoms with Crippen molar-refractivity contribution in [3.05, 3.63) is 21.9 Å². The van der Waals surface area contributed by atoms with Crippen LogP contribution in [0.15, 0.2) is 11.4 Å². The molecule has 0 aliphatic carbocycles. The molecule has 6 heteroatoms. The van der Waals surface area contributed by atoms with Gasteiger partial charge in [-0.2, -0.15) is 0 Å². The molecule has 0 spiro atoms. The molecule has 0 aliphatic rings. The van der Waals surface area contributed by atoms with Crippen LogP contribution >= 0.6 is 22.9 Å². The van der Waals surface area contributed by atoms with Gasteiger partial charge in [0.25, 0.3) is 0 Å². The van der Waals surface area contributed by atoms with Crippen molar-refractivity contribution in [2.24, 2.45) is 0 Å². The molecule has 0 unspecified atom stereocenters. The van der Waals surface area contributed by atoms with Crippen LogP contribution in [0.4, 0.5) is 0 Å². The van der Waals surface area contributed by atoms with Crippen LogP contribution in [0.2, 0.25) is 0 Å². The van der Waals surface area contributed by atoms with Crippen molar-refractivity contribution in [2.45, 2.75) is 13.5 Å². The van der Waals surface area contributed by atoms with Gasteiger partial charge in [0.05, 0.1) is 5.75 Å². The van der Waals surface area contributed by atoms with Crippen molar-refractivity contribution in [3.8, 4) is 0 Å². The Morgan fingerprint density at radius 3 is 2.79 bits per heavy atom. The van der Waals surface area contributed by atoms with Crippen LogP contribution in [0.1, 0.15) is 10.4 Å². The minimum absolute atomic E-state index is 0.0288. The summed E-state index contributed by atoms with van der Waals surface area (Å²) in [5, 5.41) is 1.94. The van der Waals surface area contributed by atoms with Gasteiger partial charge in [0, 0.05) is 17.3 Å². The maximum absolute atomic E-state index is 11.2. The molecule has 0 aromatic carbocycles. The first-order valence-corrected chi connectivity index (χ1v) is 7.18. The average Bonchev–Trinajstić information content (AvgIpc) is 2.48. The topological polar surface area (TPSA) is 46.2 Å². The van der Waals surface area contributed by atoms with Crippen LogP contribution in [0, 0.1) is 6.92 Å². The molecule has 14 heavy (non-hydrogen) atoms. The first-order valence-electron chi connectivity index (χ1n) is 4.11. The molecular weight excluding hydrogens is 242 g/mol. The van der Waals surface area contributed by atoms with E-state index in [4.69, 9.17) is 11.6 Å². The fourth-order valence-electron chi connectivity index (χ4n) is 0.934. The van der Waals surface area contributed by atoms with Gasteiger partial charge in [-0.25, -0.2) is 13.1 Å².